The first-order chi connectivity index (χ1) is 11.3. The molecular weight excluding hydrogens is 326 g/mol. The van der Waals surface area contributed by atoms with Crippen molar-refractivity contribution in [3.8, 4) is 0 Å². The second-order valence-electron chi connectivity index (χ2n) is 5.91. The van der Waals surface area contributed by atoms with Gasteiger partial charge in [-0.25, -0.2) is 0 Å². The first-order valence-electron chi connectivity index (χ1n) is 7.94. The Kier molecular flexibility index (Phi) is 4.87. The minimum Gasteiger partial charge on any atom is -0.361 e. The first-order valence-corrected chi connectivity index (χ1v) is 7.94. The van der Waals surface area contributed by atoms with Gasteiger partial charge in [0.25, 0.3) is 5.91 Å². The summed E-state index contributed by atoms with van der Waals surface area (Å²) >= 11 is 0. The third kappa shape index (κ3) is 3.29. The van der Waals surface area contributed by atoms with Crippen LogP contribution >= 0.6 is 12.4 Å². The van der Waals surface area contributed by atoms with Crippen molar-refractivity contribution >= 4 is 34.9 Å². The molecule has 1 fully saturated rings. The van der Waals surface area contributed by atoms with E-state index in [1.54, 1.807) is 6.07 Å². The van der Waals surface area contributed by atoms with E-state index in [0.717, 1.165) is 42.5 Å². The third-order valence-electron chi connectivity index (χ3n) is 4.30. The summed E-state index contributed by atoms with van der Waals surface area (Å²) in [6.45, 7) is 1.97. The van der Waals surface area contributed by atoms with Crippen LogP contribution in [0, 0.1) is 0 Å². The van der Waals surface area contributed by atoms with Crippen molar-refractivity contribution in [2.75, 3.05) is 18.4 Å². The van der Waals surface area contributed by atoms with Gasteiger partial charge >= 0.3 is 0 Å². The highest BCUT2D eigenvalue weighted by Crippen LogP contribution is 2.19. The SMILES string of the molecule is Cl.O=C(Nc1ccc2[nH]ccc2c1)c1ccn(C2CCCNC2)n1. The van der Waals surface area contributed by atoms with Crippen molar-refractivity contribution in [3.05, 3.63) is 48.4 Å². The van der Waals surface area contributed by atoms with Crippen molar-refractivity contribution in [1.29, 1.82) is 0 Å². The standard InChI is InChI=1S/C17H19N5O.ClH/c23-17(20-13-3-4-15-12(10-13)5-8-19-15)16-6-9-22(21-16)14-2-1-7-18-11-14;/h3-6,8-10,14,18-19H,1-2,7,11H2,(H,20,23);1H. The lowest BCUT2D eigenvalue weighted by Crippen LogP contribution is -2.32. The molecular formula is C17H20ClN5O. The maximum absolute atomic E-state index is 12.4. The van der Waals surface area contributed by atoms with Crippen LogP contribution in [0.5, 0.6) is 0 Å². The van der Waals surface area contributed by atoms with Crippen molar-refractivity contribution < 1.29 is 4.79 Å². The number of nitrogens with zero attached hydrogens (tertiary/aromatic N) is 2. The topological polar surface area (TPSA) is 74.7 Å². The van der Waals surface area contributed by atoms with Gasteiger partial charge in [0.2, 0.25) is 0 Å². The number of amides is 1. The molecule has 0 bridgehead atoms. The number of fused-ring (bicyclic) bond motifs is 1. The number of carbonyl (C=O) groups is 1. The van der Waals surface area contributed by atoms with Crippen LogP contribution in [-0.4, -0.2) is 33.8 Å². The molecule has 6 nitrogen and oxygen atoms in total. The Morgan fingerprint density at radius 3 is 3.04 bits per heavy atom. The van der Waals surface area contributed by atoms with E-state index in [1.807, 2.05) is 41.3 Å². The molecule has 1 aliphatic rings. The fraction of sp³-hybridized carbons (Fsp3) is 0.294. The Balaban J connectivity index is 0.00000169. The lowest BCUT2D eigenvalue weighted by atomic mass is 10.1. The number of piperidine rings is 1. The number of hydrogen-bond donors (Lipinski definition) is 3. The summed E-state index contributed by atoms with van der Waals surface area (Å²) in [6, 6.07) is 9.89. The summed E-state index contributed by atoms with van der Waals surface area (Å²) in [5, 5.41) is 11.8. The number of aromatic amines is 1. The average molecular weight is 346 g/mol. The lowest BCUT2D eigenvalue weighted by Gasteiger charge is -2.22. The molecule has 3 N–H and O–H groups in total. The van der Waals surface area contributed by atoms with Gasteiger partial charge in [-0.05, 0) is 49.7 Å². The van der Waals surface area contributed by atoms with Crippen LogP contribution in [0.25, 0.3) is 10.9 Å². The number of hydrogen-bond acceptors (Lipinski definition) is 3. The molecule has 126 valence electrons. The zero-order valence-corrected chi connectivity index (χ0v) is 14.0. The number of benzene rings is 1. The smallest absolute Gasteiger partial charge is 0.276 e. The van der Waals surface area contributed by atoms with Crippen LogP contribution in [0.3, 0.4) is 0 Å². The Hall–Kier alpha value is -2.31. The fourth-order valence-corrected chi connectivity index (χ4v) is 3.05. The highest BCUT2D eigenvalue weighted by molar-refractivity contribution is 6.03. The first kappa shape index (κ1) is 16.5. The van der Waals surface area contributed by atoms with Crippen LogP contribution < -0.4 is 10.6 Å². The second kappa shape index (κ2) is 7.07. The third-order valence-corrected chi connectivity index (χ3v) is 4.30. The minimum absolute atomic E-state index is 0. The quantitative estimate of drug-likeness (QED) is 0.683. The maximum atomic E-state index is 12.4. The second-order valence-corrected chi connectivity index (χ2v) is 5.91. The Labute approximate surface area is 146 Å². The number of rotatable bonds is 3. The lowest BCUT2D eigenvalue weighted by molar-refractivity contribution is 0.102. The molecule has 1 aromatic carbocycles. The van der Waals surface area contributed by atoms with Gasteiger partial charge in [-0.15, -0.1) is 12.4 Å². The van der Waals surface area contributed by atoms with Gasteiger partial charge in [0.1, 0.15) is 0 Å². The molecule has 1 amide bonds. The predicted molar refractivity (Wildman–Crippen MR) is 96.9 cm³/mol. The summed E-state index contributed by atoms with van der Waals surface area (Å²) in [7, 11) is 0. The number of aromatic nitrogens is 3. The number of H-pyrrole nitrogens is 1. The largest absolute Gasteiger partial charge is 0.361 e. The van der Waals surface area contributed by atoms with E-state index in [4.69, 9.17) is 0 Å². The normalized spacial score (nSPS) is 17.4. The molecule has 7 heteroatoms. The van der Waals surface area contributed by atoms with Gasteiger partial charge < -0.3 is 15.6 Å². The molecule has 0 saturated carbocycles. The van der Waals surface area contributed by atoms with E-state index in [9.17, 15) is 4.79 Å². The average Bonchev–Trinajstić information content (AvgIpc) is 3.24. The zero-order chi connectivity index (χ0) is 15.6. The van der Waals surface area contributed by atoms with E-state index in [-0.39, 0.29) is 18.3 Å². The van der Waals surface area contributed by atoms with Crippen molar-refractivity contribution in [3.63, 3.8) is 0 Å². The monoisotopic (exact) mass is 345 g/mol. The van der Waals surface area contributed by atoms with Gasteiger partial charge in [-0.2, -0.15) is 5.10 Å². The number of carbonyl (C=O) groups excluding carboxylic acids is 1. The van der Waals surface area contributed by atoms with Crippen LogP contribution in [0.2, 0.25) is 0 Å². The summed E-state index contributed by atoms with van der Waals surface area (Å²) in [5.74, 6) is -0.178. The van der Waals surface area contributed by atoms with Gasteiger partial charge in [0.15, 0.2) is 5.69 Å². The molecule has 3 aromatic rings. The Morgan fingerprint density at radius 2 is 2.21 bits per heavy atom. The molecule has 4 rings (SSSR count). The number of nitrogens with one attached hydrogen (secondary N) is 3. The van der Waals surface area contributed by atoms with E-state index in [1.165, 1.54) is 0 Å². The Bertz CT molecular complexity index is 834. The molecule has 1 atom stereocenters. The molecule has 1 unspecified atom stereocenters. The molecule has 0 radical (unpaired) electrons. The summed E-state index contributed by atoms with van der Waals surface area (Å²) in [5.41, 5.74) is 2.28. The molecule has 3 heterocycles. The Morgan fingerprint density at radius 1 is 1.29 bits per heavy atom. The van der Waals surface area contributed by atoms with Crippen LogP contribution in [0.4, 0.5) is 5.69 Å². The van der Waals surface area contributed by atoms with Gasteiger partial charge in [-0.1, -0.05) is 0 Å². The van der Waals surface area contributed by atoms with E-state index in [0.29, 0.717) is 11.7 Å². The van der Waals surface area contributed by atoms with E-state index >= 15 is 0 Å². The number of anilines is 1. The number of halogens is 1. The fourth-order valence-electron chi connectivity index (χ4n) is 3.05. The summed E-state index contributed by atoms with van der Waals surface area (Å²) in [4.78, 5) is 15.5. The zero-order valence-electron chi connectivity index (χ0n) is 13.2. The highest BCUT2D eigenvalue weighted by Gasteiger charge is 2.17. The molecule has 1 saturated heterocycles. The van der Waals surface area contributed by atoms with Crippen LogP contribution in [-0.2, 0) is 0 Å². The summed E-state index contributed by atoms with van der Waals surface area (Å²) < 4.78 is 1.90. The van der Waals surface area contributed by atoms with Crippen molar-refractivity contribution in [2.45, 2.75) is 18.9 Å². The predicted octanol–water partition coefficient (Wildman–Crippen LogP) is 2.96. The highest BCUT2D eigenvalue weighted by atomic mass is 35.5. The van der Waals surface area contributed by atoms with Crippen LogP contribution in [0.1, 0.15) is 29.4 Å². The van der Waals surface area contributed by atoms with Crippen molar-refractivity contribution in [1.82, 2.24) is 20.1 Å². The van der Waals surface area contributed by atoms with Crippen LogP contribution in [0.15, 0.2) is 42.7 Å². The molecule has 0 spiro atoms. The maximum Gasteiger partial charge on any atom is 0.276 e. The van der Waals surface area contributed by atoms with Crippen molar-refractivity contribution in [2.24, 2.45) is 0 Å². The van der Waals surface area contributed by atoms with Gasteiger partial charge in [0, 0.05) is 35.5 Å². The summed E-state index contributed by atoms with van der Waals surface area (Å²) in [6.07, 6.45) is 6.01. The van der Waals surface area contributed by atoms with E-state index in [2.05, 4.69) is 20.7 Å². The molecule has 24 heavy (non-hydrogen) atoms. The molecule has 0 aliphatic carbocycles. The van der Waals surface area contributed by atoms with Gasteiger partial charge in [0.05, 0.1) is 6.04 Å². The van der Waals surface area contributed by atoms with Gasteiger partial charge in [-0.3, -0.25) is 9.48 Å². The van der Waals surface area contributed by atoms with E-state index < -0.39 is 0 Å². The molecule has 1 aliphatic heterocycles. The molecule has 2 aromatic heterocycles. The minimum atomic E-state index is -0.178.